The van der Waals surface area contributed by atoms with Gasteiger partial charge in [0.05, 0.1) is 0 Å². The topological polar surface area (TPSA) is 62.2 Å². The molecule has 0 saturated carbocycles. The molecule has 0 atom stereocenters. The summed E-state index contributed by atoms with van der Waals surface area (Å²) in [6.07, 6.45) is 1.76. The highest BCUT2D eigenvalue weighted by Crippen LogP contribution is 2.22. The fourth-order valence-electron chi connectivity index (χ4n) is 1.44. The Kier molecular flexibility index (Phi) is 3.85. The summed E-state index contributed by atoms with van der Waals surface area (Å²) < 4.78 is 0. The molecule has 1 aromatic heterocycles. The number of aliphatic hydroxyl groups excluding tert-OH is 1. The van der Waals surface area contributed by atoms with Crippen molar-refractivity contribution < 1.29 is 9.90 Å². The number of amides is 1. The molecule has 1 aromatic carbocycles. The van der Waals surface area contributed by atoms with E-state index in [-0.39, 0.29) is 5.91 Å². The molecule has 0 aliphatic heterocycles. The molecule has 0 radical (unpaired) electrons. The second-order valence-corrected chi connectivity index (χ2v) is 4.37. The van der Waals surface area contributed by atoms with Crippen molar-refractivity contribution in [1.29, 1.82) is 0 Å². The molecule has 1 amide bonds. The smallest absolute Gasteiger partial charge is 0.245 e. The monoisotopic (exact) mass is 248 g/mol. The average Bonchev–Trinajstić information content (AvgIpc) is 2.90. The summed E-state index contributed by atoms with van der Waals surface area (Å²) in [5, 5.41) is 14.1. The van der Waals surface area contributed by atoms with Crippen molar-refractivity contribution in [2.45, 2.75) is 6.54 Å². The van der Waals surface area contributed by atoms with Crippen LogP contribution in [0.4, 0.5) is 0 Å². The molecule has 0 bridgehead atoms. The molecule has 2 aromatic rings. The van der Waals surface area contributed by atoms with E-state index in [0.29, 0.717) is 6.54 Å². The number of hydrogen-bond donors (Lipinski definition) is 2. The van der Waals surface area contributed by atoms with Gasteiger partial charge in [0.2, 0.25) is 5.91 Å². The Morgan fingerprint density at radius 1 is 1.47 bits per heavy atom. The maximum Gasteiger partial charge on any atom is 0.245 e. The second kappa shape index (κ2) is 5.56. The van der Waals surface area contributed by atoms with Crippen LogP contribution in [-0.2, 0) is 11.3 Å². The average molecular weight is 248 g/mol. The molecular formula is C12H12N2O2S. The Bertz CT molecular complexity index is 497. The summed E-state index contributed by atoms with van der Waals surface area (Å²) in [6.45, 7) is -0.0647. The van der Waals surface area contributed by atoms with Crippen LogP contribution >= 0.6 is 11.3 Å². The summed E-state index contributed by atoms with van der Waals surface area (Å²) >= 11 is 1.58. The molecule has 5 heteroatoms. The maximum absolute atomic E-state index is 10.9. The molecule has 0 unspecified atom stereocenters. The first-order chi connectivity index (χ1) is 8.29. The summed E-state index contributed by atoms with van der Waals surface area (Å²) in [5.74, 6) is -0.371. The molecule has 88 valence electrons. The zero-order valence-corrected chi connectivity index (χ0v) is 9.91. The lowest BCUT2D eigenvalue weighted by atomic mass is 10.1. The Balaban J connectivity index is 2.09. The number of hydrogen-bond acceptors (Lipinski definition) is 4. The molecule has 0 spiro atoms. The molecule has 17 heavy (non-hydrogen) atoms. The maximum atomic E-state index is 10.9. The number of nitrogens with zero attached hydrogens (tertiary/aromatic N) is 1. The zero-order valence-electron chi connectivity index (χ0n) is 9.09. The van der Waals surface area contributed by atoms with Crippen LogP contribution in [0.3, 0.4) is 0 Å². The minimum atomic E-state index is -0.480. The standard InChI is InChI=1S/C12H12N2O2S/c15-8-11(16)14-7-9-2-1-3-10(6-9)12-13-4-5-17-12/h1-6,15H,7-8H2,(H,14,16). The van der Waals surface area contributed by atoms with E-state index >= 15 is 0 Å². The molecule has 4 nitrogen and oxygen atoms in total. The lowest BCUT2D eigenvalue weighted by Gasteiger charge is -2.04. The largest absolute Gasteiger partial charge is 0.387 e. The van der Waals surface area contributed by atoms with Crippen molar-refractivity contribution in [2.75, 3.05) is 6.61 Å². The van der Waals surface area contributed by atoms with Gasteiger partial charge in [-0.2, -0.15) is 0 Å². The number of rotatable bonds is 4. The molecule has 2 N–H and O–H groups in total. The van der Waals surface area contributed by atoms with Crippen molar-refractivity contribution in [3.63, 3.8) is 0 Å². The Hall–Kier alpha value is -1.72. The summed E-state index contributed by atoms with van der Waals surface area (Å²) in [6, 6.07) is 7.82. The van der Waals surface area contributed by atoms with Crippen LogP contribution in [0.1, 0.15) is 5.56 Å². The first-order valence-electron chi connectivity index (χ1n) is 5.16. The van der Waals surface area contributed by atoms with Gasteiger partial charge in [-0.25, -0.2) is 4.98 Å². The summed E-state index contributed by atoms with van der Waals surface area (Å²) in [4.78, 5) is 15.2. The van der Waals surface area contributed by atoms with Crippen LogP contribution in [0.25, 0.3) is 10.6 Å². The van der Waals surface area contributed by atoms with Gasteiger partial charge >= 0.3 is 0 Å². The number of nitrogens with one attached hydrogen (secondary N) is 1. The Morgan fingerprint density at radius 3 is 3.06 bits per heavy atom. The van der Waals surface area contributed by atoms with Gasteiger partial charge in [0, 0.05) is 23.7 Å². The predicted octanol–water partition coefficient (Wildman–Crippen LogP) is 1.42. The van der Waals surface area contributed by atoms with Gasteiger partial charge in [-0.05, 0) is 11.6 Å². The van der Waals surface area contributed by atoms with Crippen LogP contribution in [0.15, 0.2) is 35.8 Å². The van der Waals surface area contributed by atoms with Crippen LogP contribution in [0.2, 0.25) is 0 Å². The number of carbonyl (C=O) groups excluding carboxylic acids is 1. The SMILES string of the molecule is O=C(CO)NCc1cccc(-c2nccs2)c1. The van der Waals surface area contributed by atoms with Gasteiger partial charge in [0.25, 0.3) is 0 Å². The van der Waals surface area contributed by atoms with Crippen LogP contribution < -0.4 is 5.32 Å². The highest BCUT2D eigenvalue weighted by Gasteiger charge is 2.02. The molecule has 0 aliphatic carbocycles. The van der Waals surface area contributed by atoms with E-state index in [1.807, 2.05) is 29.6 Å². The molecule has 0 aliphatic rings. The lowest BCUT2D eigenvalue weighted by molar-refractivity contribution is -0.123. The minimum Gasteiger partial charge on any atom is -0.387 e. The molecular weight excluding hydrogens is 236 g/mol. The van der Waals surface area contributed by atoms with Crippen molar-refractivity contribution in [3.8, 4) is 10.6 Å². The van der Waals surface area contributed by atoms with Gasteiger partial charge in [-0.1, -0.05) is 18.2 Å². The lowest BCUT2D eigenvalue weighted by Crippen LogP contribution is -2.25. The van der Waals surface area contributed by atoms with E-state index in [2.05, 4.69) is 10.3 Å². The molecule has 0 fully saturated rings. The van der Waals surface area contributed by atoms with Gasteiger partial charge in [-0.3, -0.25) is 4.79 Å². The van der Waals surface area contributed by atoms with Crippen molar-refractivity contribution >= 4 is 17.2 Å². The molecule has 0 saturated heterocycles. The van der Waals surface area contributed by atoms with E-state index in [4.69, 9.17) is 5.11 Å². The highest BCUT2D eigenvalue weighted by molar-refractivity contribution is 7.13. The van der Waals surface area contributed by atoms with Crippen molar-refractivity contribution in [3.05, 3.63) is 41.4 Å². The second-order valence-electron chi connectivity index (χ2n) is 3.47. The van der Waals surface area contributed by atoms with E-state index in [1.54, 1.807) is 17.5 Å². The fourth-order valence-corrected chi connectivity index (χ4v) is 2.07. The minimum absolute atomic E-state index is 0.371. The Labute approximate surface area is 103 Å². The van der Waals surface area contributed by atoms with Gasteiger partial charge in [-0.15, -0.1) is 11.3 Å². The molecule has 1 heterocycles. The quantitative estimate of drug-likeness (QED) is 0.860. The summed E-state index contributed by atoms with van der Waals surface area (Å²) in [7, 11) is 0. The van der Waals surface area contributed by atoms with Crippen molar-refractivity contribution in [1.82, 2.24) is 10.3 Å². The van der Waals surface area contributed by atoms with E-state index in [0.717, 1.165) is 16.1 Å². The number of aromatic nitrogens is 1. The first kappa shape index (κ1) is 11.8. The number of aliphatic hydroxyl groups is 1. The van der Waals surface area contributed by atoms with Crippen molar-refractivity contribution in [2.24, 2.45) is 0 Å². The summed E-state index contributed by atoms with van der Waals surface area (Å²) in [5.41, 5.74) is 2.02. The van der Waals surface area contributed by atoms with Crippen LogP contribution in [0.5, 0.6) is 0 Å². The predicted molar refractivity (Wildman–Crippen MR) is 66.5 cm³/mol. The number of benzene rings is 1. The van der Waals surface area contributed by atoms with Crippen LogP contribution in [-0.4, -0.2) is 22.6 Å². The van der Waals surface area contributed by atoms with Gasteiger partial charge in [0.1, 0.15) is 11.6 Å². The Morgan fingerprint density at radius 2 is 2.35 bits per heavy atom. The third-order valence-electron chi connectivity index (χ3n) is 2.24. The highest BCUT2D eigenvalue weighted by atomic mass is 32.1. The molecule has 2 rings (SSSR count). The van der Waals surface area contributed by atoms with Gasteiger partial charge in [0.15, 0.2) is 0 Å². The van der Waals surface area contributed by atoms with Gasteiger partial charge < -0.3 is 10.4 Å². The fraction of sp³-hybridized carbons (Fsp3) is 0.167. The van der Waals surface area contributed by atoms with E-state index in [9.17, 15) is 4.79 Å². The number of thiazole rings is 1. The number of carbonyl (C=O) groups is 1. The normalized spacial score (nSPS) is 10.2. The third-order valence-corrected chi connectivity index (χ3v) is 3.06. The van der Waals surface area contributed by atoms with E-state index < -0.39 is 6.61 Å². The zero-order chi connectivity index (χ0) is 12.1. The van der Waals surface area contributed by atoms with E-state index in [1.165, 1.54) is 0 Å². The first-order valence-corrected chi connectivity index (χ1v) is 6.04. The van der Waals surface area contributed by atoms with Crippen LogP contribution in [0, 0.1) is 0 Å². The third kappa shape index (κ3) is 3.12.